The maximum Gasteiger partial charge on any atom is 0.224 e. The van der Waals surface area contributed by atoms with E-state index in [2.05, 4.69) is 11.4 Å². The van der Waals surface area contributed by atoms with Gasteiger partial charge in [-0.25, -0.2) is 0 Å². The molecule has 2 aromatic carbocycles. The lowest BCUT2D eigenvalue weighted by atomic mass is 10.1. The van der Waals surface area contributed by atoms with Gasteiger partial charge in [0.2, 0.25) is 5.91 Å². The van der Waals surface area contributed by atoms with Gasteiger partial charge in [-0.1, -0.05) is 30.3 Å². The molecule has 2 rings (SSSR count). The Hall–Kier alpha value is -1.87. The number of benzene rings is 2. The third-order valence-electron chi connectivity index (χ3n) is 2.93. The number of fused-ring (bicyclic) bond motifs is 1. The third kappa shape index (κ3) is 4.07. The van der Waals surface area contributed by atoms with Gasteiger partial charge in [0.25, 0.3) is 0 Å². The summed E-state index contributed by atoms with van der Waals surface area (Å²) in [7, 11) is 0. The number of nitrogens with one attached hydrogen (secondary N) is 1. The lowest BCUT2D eigenvalue weighted by Gasteiger charge is -2.06. The van der Waals surface area contributed by atoms with Crippen molar-refractivity contribution in [3.05, 3.63) is 42.5 Å². The molecule has 0 unspecified atom stereocenters. The molecular formula is C16H19NO2. The SMILES string of the molecule is CCOCCCC(=O)Nc1ccc2ccccc2c1. The highest BCUT2D eigenvalue weighted by molar-refractivity contribution is 5.94. The molecule has 0 aliphatic carbocycles. The second-order valence-electron chi connectivity index (χ2n) is 4.41. The summed E-state index contributed by atoms with van der Waals surface area (Å²) in [6, 6.07) is 14.1. The Morgan fingerprint density at radius 3 is 2.74 bits per heavy atom. The number of hydrogen-bond donors (Lipinski definition) is 1. The molecule has 0 saturated heterocycles. The average Bonchev–Trinajstić information content (AvgIpc) is 2.43. The van der Waals surface area contributed by atoms with Crippen molar-refractivity contribution < 1.29 is 9.53 Å². The van der Waals surface area contributed by atoms with Crippen LogP contribution < -0.4 is 5.32 Å². The highest BCUT2D eigenvalue weighted by atomic mass is 16.5. The van der Waals surface area contributed by atoms with E-state index in [1.807, 2.05) is 43.3 Å². The maximum absolute atomic E-state index is 11.7. The Morgan fingerprint density at radius 1 is 1.16 bits per heavy atom. The van der Waals surface area contributed by atoms with Crippen LogP contribution in [0.5, 0.6) is 0 Å². The molecule has 1 N–H and O–H groups in total. The van der Waals surface area contributed by atoms with Crippen molar-refractivity contribution in [1.82, 2.24) is 0 Å². The largest absolute Gasteiger partial charge is 0.382 e. The van der Waals surface area contributed by atoms with Gasteiger partial charge in [-0.2, -0.15) is 0 Å². The summed E-state index contributed by atoms with van der Waals surface area (Å²) in [6.07, 6.45) is 1.25. The first-order valence-electron chi connectivity index (χ1n) is 6.66. The van der Waals surface area contributed by atoms with Crippen LogP contribution in [0.25, 0.3) is 10.8 Å². The minimum Gasteiger partial charge on any atom is -0.382 e. The number of carbonyl (C=O) groups excluding carboxylic acids is 1. The van der Waals surface area contributed by atoms with Crippen molar-refractivity contribution in [2.45, 2.75) is 19.8 Å². The van der Waals surface area contributed by atoms with E-state index in [-0.39, 0.29) is 5.91 Å². The molecule has 0 aromatic heterocycles. The Kier molecular flexibility index (Phi) is 4.93. The fourth-order valence-corrected chi connectivity index (χ4v) is 1.97. The molecule has 0 saturated carbocycles. The first-order chi connectivity index (χ1) is 9.29. The second kappa shape index (κ2) is 6.90. The van der Waals surface area contributed by atoms with Crippen LogP contribution in [0.4, 0.5) is 5.69 Å². The zero-order chi connectivity index (χ0) is 13.5. The quantitative estimate of drug-likeness (QED) is 0.803. The standard InChI is InChI=1S/C16H19NO2/c1-2-19-11-5-8-16(18)17-15-10-9-13-6-3-4-7-14(13)12-15/h3-4,6-7,9-10,12H,2,5,8,11H2,1H3,(H,17,18). The van der Waals surface area contributed by atoms with E-state index in [1.165, 1.54) is 5.39 Å². The molecule has 0 aliphatic rings. The van der Waals surface area contributed by atoms with Gasteiger partial charge in [0, 0.05) is 25.3 Å². The number of anilines is 1. The van der Waals surface area contributed by atoms with Gasteiger partial charge in [0.1, 0.15) is 0 Å². The summed E-state index contributed by atoms with van der Waals surface area (Å²) >= 11 is 0. The highest BCUT2D eigenvalue weighted by Crippen LogP contribution is 2.18. The molecule has 3 heteroatoms. The Morgan fingerprint density at radius 2 is 1.95 bits per heavy atom. The average molecular weight is 257 g/mol. The smallest absolute Gasteiger partial charge is 0.224 e. The lowest BCUT2D eigenvalue weighted by molar-refractivity contribution is -0.116. The fraction of sp³-hybridized carbons (Fsp3) is 0.312. The van der Waals surface area contributed by atoms with Gasteiger partial charge < -0.3 is 10.1 Å². The summed E-state index contributed by atoms with van der Waals surface area (Å²) < 4.78 is 5.21. The van der Waals surface area contributed by atoms with Crippen LogP contribution in [0, 0.1) is 0 Å². The number of ether oxygens (including phenoxy) is 1. The van der Waals surface area contributed by atoms with Crippen LogP contribution in [-0.2, 0) is 9.53 Å². The molecule has 3 nitrogen and oxygen atoms in total. The van der Waals surface area contributed by atoms with Crippen molar-refractivity contribution in [2.24, 2.45) is 0 Å². The first-order valence-corrected chi connectivity index (χ1v) is 6.66. The molecular weight excluding hydrogens is 238 g/mol. The summed E-state index contributed by atoms with van der Waals surface area (Å²) in [5.41, 5.74) is 0.847. The predicted octanol–water partition coefficient (Wildman–Crippen LogP) is 3.60. The first kappa shape index (κ1) is 13.6. The minimum atomic E-state index is 0.0370. The Balaban J connectivity index is 1.91. The van der Waals surface area contributed by atoms with Crippen LogP contribution in [0.1, 0.15) is 19.8 Å². The molecule has 0 radical (unpaired) electrons. The minimum absolute atomic E-state index is 0.0370. The van der Waals surface area contributed by atoms with E-state index in [1.54, 1.807) is 0 Å². The maximum atomic E-state index is 11.7. The van der Waals surface area contributed by atoms with Crippen molar-refractivity contribution in [1.29, 1.82) is 0 Å². The second-order valence-corrected chi connectivity index (χ2v) is 4.41. The normalized spacial score (nSPS) is 10.6. The fourth-order valence-electron chi connectivity index (χ4n) is 1.97. The van der Waals surface area contributed by atoms with Crippen molar-refractivity contribution in [3.8, 4) is 0 Å². The third-order valence-corrected chi connectivity index (χ3v) is 2.93. The van der Waals surface area contributed by atoms with Crippen molar-refractivity contribution >= 4 is 22.4 Å². The van der Waals surface area contributed by atoms with E-state index in [9.17, 15) is 4.79 Å². The number of rotatable bonds is 6. The number of amides is 1. The van der Waals surface area contributed by atoms with Crippen molar-refractivity contribution in [3.63, 3.8) is 0 Å². The Labute approximate surface area is 113 Å². The Bertz CT molecular complexity index is 551. The number of carbonyl (C=O) groups is 1. The molecule has 0 fully saturated rings. The van der Waals surface area contributed by atoms with Gasteiger partial charge in [-0.3, -0.25) is 4.79 Å². The summed E-state index contributed by atoms with van der Waals surface area (Å²) in [4.78, 5) is 11.7. The van der Waals surface area contributed by atoms with Gasteiger partial charge >= 0.3 is 0 Å². The molecule has 1 amide bonds. The molecule has 2 aromatic rings. The van der Waals surface area contributed by atoms with E-state index in [0.717, 1.165) is 17.5 Å². The predicted molar refractivity (Wildman–Crippen MR) is 78.3 cm³/mol. The van der Waals surface area contributed by atoms with Crippen LogP contribution in [-0.4, -0.2) is 19.1 Å². The molecule has 0 spiro atoms. The van der Waals surface area contributed by atoms with Gasteiger partial charge in [-0.05, 0) is 36.2 Å². The van der Waals surface area contributed by atoms with E-state index < -0.39 is 0 Å². The summed E-state index contributed by atoms with van der Waals surface area (Å²) in [5, 5.41) is 5.23. The van der Waals surface area contributed by atoms with E-state index in [4.69, 9.17) is 4.74 Å². The monoisotopic (exact) mass is 257 g/mol. The van der Waals surface area contributed by atoms with Crippen LogP contribution >= 0.6 is 0 Å². The number of hydrogen-bond acceptors (Lipinski definition) is 2. The molecule has 0 bridgehead atoms. The highest BCUT2D eigenvalue weighted by Gasteiger charge is 2.02. The van der Waals surface area contributed by atoms with Gasteiger partial charge in [-0.15, -0.1) is 0 Å². The van der Waals surface area contributed by atoms with Gasteiger partial charge in [0.15, 0.2) is 0 Å². The molecule has 0 heterocycles. The molecule has 0 atom stereocenters. The molecule has 19 heavy (non-hydrogen) atoms. The zero-order valence-corrected chi connectivity index (χ0v) is 11.2. The van der Waals surface area contributed by atoms with E-state index in [0.29, 0.717) is 19.6 Å². The van der Waals surface area contributed by atoms with Crippen molar-refractivity contribution in [2.75, 3.05) is 18.5 Å². The molecule has 0 aliphatic heterocycles. The van der Waals surface area contributed by atoms with Crippen LogP contribution in [0.2, 0.25) is 0 Å². The lowest BCUT2D eigenvalue weighted by Crippen LogP contribution is -2.12. The van der Waals surface area contributed by atoms with Gasteiger partial charge in [0.05, 0.1) is 0 Å². The van der Waals surface area contributed by atoms with E-state index >= 15 is 0 Å². The topological polar surface area (TPSA) is 38.3 Å². The summed E-state index contributed by atoms with van der Waals surface area (Å²) in [6.45, 7) is 3.29. The summed E-state index contributed by atoms with van der Waals surface area (Å²) in [5.74, 6) is 0.0370. The van der Waals surface area contributed by atoms with Crippen LogP contribution in [0.3, 0.4) is 0 Å². The molecule has 100 valence electrons. The van der Waals surface area contributed by atoms with Crippen LogP contribution in [0.15, 0.2) is 42.5 Å². The zero-order valence-electron chi connectivity index (χ0n) is 11.2.